The summed E-state index contributed by atoms with van der Waals surface area (Å²) >= 11 is 5.71. The highest BCUT2D eigenvalue weighted by Gasteiger charge is 2.27. The maximum Gasteiger partial charge on any atom is 0.326 e. The highest BCUT2D eigenvalue weighted by atomic mass is 35.5. The number of rotatable bonds is 8. The molecule has 2 atom stereocenters. The molecule has 28 heavy (non-hydrogen) atoms. The molecule has 0 aliphatic rings. The molecule has 0 fully saturated rings. The van der Waals surface area contributed by atoms with Gasteiger partial charge in [-0.25, -0.2) is 14.2 Å². The summed E-state index contributed by atoms with van der Waals surface area (Å²) < 4.78 is 13.9. The molecule has 9 heteroatoms. The van der Waals surface area contributed by atoms with E-state index in [4.69, 9.17) is 11.6 Å². The normalized spacial score (nSPS) is 12.7. The second kappa shape index (κ2) is 9.80. The maximum atomic E-state index is 13.9. The third-order valence-electron chi connectivity index (χ3n) is 3.92. The standard InChI is InChI=1S/C19H19ClFN3O4/c1-11(25)23-15(9-13-4-2-3-5-14(13)21)18(26)24-16(19(27)28)8-12-6-7-17(20)22-10-12/h2-7,10,15-16H,8-9H2,1H3,(H,23,25)(H,24,26)(H,27,28)/t15-,16+/m1/s1. The van der Waals surface area contributed by atoms with Crippen LogP contribution in [-0.4, -0.2) is 40.0 Å². The van der Waals surface area contributed by atoms with Gasteiger partial charge in [-0.05, 0) is 23.3 Å². The van der Waals surface area contributed by atoms with Crippen LogP contribution in [0.3, 0.4) is 0 Å². The summed E-state index contributed by atoms with van der Waals surface area (Å²) in [6.45, 7) is 1.22. The first-order valence-electron chi connectivity index (χ1n) is 8.40. The van der Waals surface area contributed by atoms with Gasteiger partial charge in [0.05, 0.1) is 0 Å². The van der Waals surface area contributed by atoms with Crippen LogP contribution in [0, 0.1) is 5.82 Å². The predicted octanol–water partition coefficient (Wildman–Crippen LogP) is 1.73. The highest BCUT2D eigenvalue weighted by Crippen LogP contribution is 2.11. The molecule has 2 amide bonds. The van der Waals surface area contributed by atoms with Gasteiger partial charge >= 0.3 is 5.97 Å². The van der Waals surface area contributed by atoms with Crippen LogP contribution < -0.4 is 10.6 Å². The Morgan fingerprint density at radius 2 is 1.82 bits per heavy atom. The van der Waals surface area contributed by atoms with Crippen molar-refractivity contribution in [2.45, 2.75) is 31.8 Å². The molecule has 7 nitrogen and oxygen atoms in total. The second-order valence-electron chi connectivity index (χ2n) is 6.14. The zero-order chi connectivity index (χ0) is 20.7. The van der Waals surface area contributed by atoms with Gasteiger partial charge in [0.15, 0.2) is 0 Å². The molecule has 2 aromatic rings. The van der Waals surface area contributed by atoms with E-state index in [1.165, 1.54) is 37.4 Å². The first kappa shape index (κ1) is 21.3. The summed E-state index contributed by atoms with van der Waals surface area (Å²) in [6.07, 6.45) is 1.26. The monoisotopic (exact) mass is 407 g/mol. The van der Waals surface area contributed by atoms with Gasteiger partial charge in [-0.15, -0.1) is 0 Å². The van der Waals surface area contributed by atoms with Gasteiger partial charge in [0.25, 0.3) is 0 Å². The quantitative estimate of drug-likeness (QED) is 0.577. The summed E-state index contributed by atoms with van der Waals surface area (Å²) in [7, 11) is 0. The number of carboxylic acid groups (broad SMARTS) is 1. The van der Waals surface area contributed by atoms with Crippen molar-refractivity contribution in [3.63, 3.8) is 0 Å². The number of benzene rings is 1. The fourth-order valence-corrected chi connectivity index (χ4v) is 2.69. The fourth-order valence-electron chi connectivity index (χ4n) is 2.57. The van der Waals surface area contributed by atoms with E-state index >= 15 is 0 Å². The molecule has 1 aromatic heterocycles. The van der Waals surface area contributed by atoms with E-state index in [-0.39, 0.29) is 23.6 Å². The van der Waals surface area contributed by atoms with E-state index in [9.17, 15) is 23.9 Å². The van der Waals surface area contributed by atoms with Gasteiger partial charge < -0.3 is 15.7 Å². The molecule has 1 aromatic carbocycles. The molecule has 0 radical (unpaired) electrons. The Bertz CT molecular complexity index is 861. The van der Waals surface area contributed by atoms with Gasteiger partial charge in [0.1, 0.15) is 23.1 Å². The number of hydrogen-bond acceptors (Lipinski definition) is 4. The van der Waals surface area contributed by atoms with E-state index in [1.807, 2.05) is 0 Å². The van der Waals surface area contributed by atoms with Crippen molar-refractivity contribution in [1.82, 2.24) is 15.6 Å². The third-order valence-corrected chi connectivity index (χ3v) is 4.14. The largest absolute Gasteiger partial charge is 0.480 e. The Hall–Kier alpha value is -3.00. The van der Waals surface area contributed by atoms with Crippen LogP contribution in [0.25, 0.3) is 0 Å². The summed E-state index contributed by atoms with van der Waals surface area (Å²) in [5, 5.41) is 14.5. The van der Waals surface area contributed by atoms with E-state index in [0.29, 0.717) is 5.56 Å². The molecular formula is C19H19ClFN3O4. The van der Waals surface area contributed by atoms with Crippen LogP contribution in [-0.2, 0) is 27.2 Å². The Labute approximate surface area is 165 Å². The Morgan fingerprint density at radius 3 is 2.39 bits per heavy atom. The number of carboxylic acids is 1. The number of pyridine rings is 1. The lowest BCUT2D eigenvalue weighted by Gasteiger charge is -2.21. The number of nitrogens with zero attached hydrogens (tertiary/aromatic N) is 1. The number of amides is 2. The van der Waals surface area contributed by atoms with Gasteiger partial charge in [0.2, 0.25) is 11.8 Å². The number of hydrogen-bond donors (Lipinski definition) is 3. The molecule has 0 bridgehead atoms. The molecule has 0 saturated carbocycles. The van der Waals surface area contributed by atoms with Crippen LogP contribution in [0.4, 0.5) is 4.39 Å². The zero-order valence-corrected chi connectivity index (χ0v) is 15.7. The zero-order valence-electron chi connectivity index (χ0n) is 15.0. The van der Waals surface area contributed by atoms with E-state index in [1.54, 1.807) is 12.1 Å². The number of carbonyl (C=O) groups excluding carboxylic acids is 2. The Kier molecular flexibility index (Phi) is 7.45. The lowest BCUT2D eigenvalue weighted by atomic mass is 10.0. The second-order valence-corrected chi connectivity index (χ2v) is 6.53. The third kappa shape index (κ3) is 6.31. The molecule has 1 heterocycles. The topological polar surface area (TPSA) is 108 Å². The first-order chi connectivity index (χ1) is 13.3. The number of carbonyl (C=O) groups is 3. The lowest BCUT2D eigenvalue weighted by molar-refractivity contribution is -0.142. The van der Waals surface area contributed by atoms with Crippen LogP contribution in [0.15, 0.2) is 42.6 Å². The minimum absolute atomic E-state index is 0.0300. The minimum atomic E-state index is -1.26. The van der Waals surface area contributed by atoms with Gasteiger partial charge in [-0.1, -0.05) is 35.9 Å². The number of aromatic nitrogens is 1. The van der Waals surface area contributed by atoms with Crippen molar-refractivity contribution in [3.8, 4) is 0 Å². The Morgan fingerprint density at radius 1 is 1.11 bits per heavy atom. The molecule has 148 valence electrons. The first-order valence-corrected chi connectivity index (χ1v) is 8.78. The van der Waals surface area contributed by atoms with Gasteiger partial charge in [-0.2, -0.15) is 0 Å². The van der Waals surface area contributed by atoms with E-state index in [2.05, 4.69) is 15.6 Å². The highest BCUT2D eigenvalue weighted by molar-refractivity contribution is 6.29. The molecule has 0 unspecified atom stereocenters. The van der Waals surface area contributed by atoms with Crippen molar-refractivity contribution in [2.75, 3.05) is 0 Å². The van der Waals surface area contributed by atoms with Crippen LogP contribution in [0.2, 0.25) is 5.15 Å². The fraction of sp³-hybridized carbons (Fsp3) is 0.263. The minimum Gasteiger partial charge on any atom is -0.480 e. The van der Waals surface area contributed by atoms with Crippen molar-refractivity contribution < 1.29 is 23.9 Å². The summed E-state index contributed by atoms with van der Waals surface area (Å²) in [4.78, 5) is 39.5. The SMILES string of the molecule is CC(=O)N[C@H](Cc1ccccc1F)C(=O)N[C@@H](Cc1ccc(Cl)nc1)C(=O)O. The molecule has 0 spiro atoms. The molecule has 2 rings (SSSR count). The van der Waals surface area contributed by atoms with Crippen LogP contribution >= 0.6 is 11.6 Å². The van der Waals surface area contributed by atoms with Crippen molar-refractivity contribution in [2.24, 2.45) is 0 Å². The van der Waals surface area contributed by atoms with Crippen LogP contribution in [0.1, 0.15) is 18.1 Å². The molecular weight excluding hydrogens is 389 g/mol. The van der Waals surface area contributed by atoms with Gasteiger partial charge in [0, 0.05) is 26.0 Å². The van der Waals surface area contributed by atoms with Crippen molar-refractivity contribution in [3.05, 3.63) is 64.7 Å². The molecule has 3 N–H and O–H groups in total. The molecule has 0 saturated heterocycles. The predicted molar refractivity (Wildman–Crippen MR) is 100 cm³/mol. The maximum absolute atomic E-state index is 13.9. The number of halogens is 2. The molecule has 0 aliphatic heterocycles. The molecule has 0 aliphatic carbocycles. The van der Waals surface area contributed by atoms with Gasteiger partial charge in [-0.3, -0.25) is 9.59 Å². The van der Waals surface area contributed by atoms with E-state index < -0.39 is 35.7 Å². The van der Waals surface area contributed by atoms with Crippen LogP contribution in [0.5, 0.6) is 0 Å². The summed E-state index contributed by atoms with van der Waals surface area (Å²) in [6, 6.07) is 6.57. The average molecular weight is 408 g/mol. The lowest BCUT2D eigenvalue weighted by Crippen LogP contribution is -2.52. The number of nitrogens with one attached hydrogen (secondary N) is 2. The summed E-state index contributed by atoms with van der Waals surface area (Å²) in [5.74, 6) is -3.00. The summed E-state index contributed by atoms with van der Waals surface area (Å²) in [5.41, 5.74) is 0.785. The van der Waals surface area contributed by atoms with Crippen molar-refractivity contribution in [1.29, 1.82) is 0 Å². The van der Waals surface area contributed by atoms with E-state index in [0.717, 1.165) is 0 Å². The van der Waals surface area contributed by atoms with Crippen molar-refractivity contribution >= 4 is 29.4 Å². The average Bonchev–Trinajstić information content (AvgIpc) is 2.63. The number of aliphatic carboxylic acids is 1. The smallest absolute Gasteiger partial charge is 0.326 e. The Balaban J connectivity index is 2.14.